The number of hydrogen-bond donors (Lipinski definition) is 2. The molecule has 0 atom stereocenters. The highest BCUT2D eigenvalue weighted by Gasteiger charge is 2.29. The molecule has 0 heterocycles. The minimum absolute atomic E-state index is 0.353. The summed E-state index contributed by atoms with van der Waals surface area (Å²) in [5, 5.41) is 2.24. The van der Waals surface area contributed by atoms with E-state index in [1.54, 1.807) is 24.3 Å². The van der Waals surface area contributed by atoms with E-state index in [4.69, 9.17) is 5.73 Å². The van der Waals surface area contributed by atoms with Gasteiger partial charge in [0.1, 0.15) is 5.75 Å². The Bertz CT molecular complexity index is 561. The van der Waals surface area contributed by atoms with Crippen molar-refractivity contribution >= 4 is 27.1 Å². The molecule has 20 heavy (non-hydrogen) atoms. The molecule has 1 saturated carbocycles. The Labute approximate surface area is 119 Å². The molecule has 6 heteroatoms. The highest BCUT2D eigenvalue weighted by molar-refractivity contribution is 7.92. The monoisotopic (exact) mass is 296 g/mol. The van der Waals surface area contributed by atoms with Crippen LogP contribution in [0.3, 0.4) is 0 Å². The zero-order chi connectivity index (χ0) is 14.6. The van der Waals surface area contributed by atoms with Crippen molar-refractivity contribution in [3.8, 4) is 0 Å². The van der Waals surface area contributed by atoms with Crippen LogP contribution in [-0.4, -0.2) is 25.3 Å². The fourth-order valence-electron chi connectivity index (χ4n) is 2.49. The van der Waals surface area contributed by atoms with E-state index in [2.05, 4.69) is 5.32 Å². The second kappa shape index (κ2) is 6.26. The van der Waals surface area contributed by atoms with Crippen molar-refractivity contribution in [3.63, 3.8) is 0 Å². The van der Waals surface area contributed by atoms with E-state index in [0.29, 0.717) is 24.2 Å². The van der Waals surface area contributed by atoms with E-state index in [-0.39, 0.29) is 5.25 Å². The fraction of sp³-hybridized carbons (Fsp3) is 0.500. The molecule has 1 aliphatic rings. The van der Waals surface area contributed by atoms with E-state index < -0.39 is 21.5 Å². The third kappa shape index (κ3) is 3.96. The number of nitrogens with two attached hydrogens (primary N) is 1. The Morgan fingerprint density at radius 1 is 1.15 bits per heavy atom. The van der Waals surface area contributed by atoms with Gasteiger partial charge in [-0.15, -0.1) is 0 Å². The molecule has 5 nitrogen and oxygen atoms in total. The summed E-state index contributed by atoms with van der Waals surface area (Å²) >= 11 is 0. The van der Waals surface area contributed by atoms with Crippen LogP contribution >= 0.6 is 0 Å². The van der Waals surface area contributed by atoms with E-state index in [9.17, 15) is 13.2 Å². The molecule has 0 bridgehead atoms. The lowest BCUT2D eigenvalue weighted by Crippen LogP contribution is -2.32. The summed E-state index contributed by atoms with van der Waals surface area (Å²) in [6, 6.07) is 6.62. The van der Waals surface area contributed by atoms with Crippen molar-refractivity contribution in [1.29, 1.82) is 0 Å². The normalized spacial score (nSPS) is 16.8. The average Bonchev–Trinajstić information content (AvgIpc) is 2.42. The quantitative estimate of drug-likeness (QED) is 0.831. The van der Waals surface area contributed by atoms with Crippen LogP contribution < -0.4 is 11.1 Å². The molecule has 110 valence electrons. The van der Waals surface area contributed by atoms with Gasteiger partial charge in [-0.25, -0.2) is 8.42 Å². The Kier molecular flexibility index (Phi) is 4.65. The van der Waals surface area contributed by atoms with Gasteiger partial charge in [0.15, 0.2) is 9.84 Å². The van der Waals surface area contributed by atoms with E-state index in [1.807, 2.05) is 0 Å². The third-order valence-corrected chi connectivity index (χ3v) is 5.74. The molecule has 1 fully saturated rings. The van der Waals surface area contributed by atoms with Gasteiger partial charge < -0.3 is 11.1 Å². The van der Waals surface area contributed by atoms with E-state index in [0.717, 1.165) is 19.3 Å². The number of benzene rings is 1. The summed E-state index contributed by atoms with van der Waals surface area (Å²) < 4.78 is 24.3. The number of hydrogen-bond acceptors (Lipinski definition) is 4. The summed E-state index contributed by atoms with van der Waals surface area (Å²) in [6.07, 6.45) is 4.31. The molecule has 0 unspecified atom stereocenters. The second-order valence-electron chi connectivity index (χ2n) is 5.24. The molecule has 1 aromatic carbocycles. The zero-order valence-corrected chi connectivity index (χ0v) is 12.2. The van der Waals surface area contributed by atoms with Gasteiger partial charge in [0.2, 0.25) is 5.91 Å². The molecule has 0 spiro atoms. The maximum atomic E-state index is 12.2. The summed E-state index contributed by atoms with van der Waals surface area (Å²) in [5.74, 6) is -0.928. The number of nitrogens with one attached hydrogen (secondary N) is 1. The summed E-state index contributed by atoms with van der Waals surface area (Å²) in [6.45, 7) is 0. The van der Waals surface area contributed by atoms with Crippen molar-refractivity contribution in [1.82, 2.24) is 0 Å². The molecular formula is C14H20N2O3S. The van der Waals surface area contributed by atoms with Gasteiger partial charge in [-0.05, 0) is 37.1 Å². The van der Waals surface area contributed by atoms with Gasteiger partial charge in [0.25, 0.3) is 0 Å². The van der Waals surface area contributed by atoms with Crippen LogP contribution in [0.15, 0.2) is 24.3 Å². The van der Waals surface area contributed by atoms with Crippen LogP contribution in [0.1, 0.15) is 32.1 Å². The summed E-state index contributed by atoms with van der Waals surface area (Å²) in [7, 11) is -3.35. The Balaban J connectivity index is 1.94. The first-order valence-electron chi connectivity index (χ1n) is 6.84. The smallest absolute Gasteiger partial charge is 0.239 e. The predicted molar refractivity (Wildman–Crippen MR) is 80.1 cm³/mol. The number of nitrogen functional groups attached to an aromatic ring is 1. The maximum Gasteiger partial charge on any atom is 0.239 e. The van der Waals surface area contributed by atoms with E-state index >= 15 is 0 Å². The van der Waals surface area contributed by atoms with Crippen LogP contribution in [0.5, 0.6) is 0 Å². The van der Waals surface area contributed by atoms with Gasteiger partial charge in [-0.2, -0.15) is 0 Å². The lowest BCUT2D eigenvalue weighted by atomic mass is 10.0. The largest absolute Gasteiger partial charge is 0.399 e. The third-order valence-electron chi connectivity index (χ3n) is 3.59. The number of anilines is 2. The molecule has 0 radical (unpaired) electrons. The number of carbonyl (C=O) groups excluding carboxylic acids is 1. The number of amides is 1. The van der Waals surface area contributed by atoms with Gasteiger partial charge in [0, 0.05) is 11.4 Å². The fourth-order valence-corrected chi connectivity index (χ4v) is 4.21. The second-order valence-corrected chi connectivity index (χ2v) is 7.52. The van der Waals surface area contributed by atoms with Crippen molar-refractivity contribution in [3.05, 3.63) is 24.3 Å². The first kappa shape index (κ1) is 14.8. The molecule has 1 amide bonds. The predicted octanol–water partition coefficient (Wildman–Crippen LogP) is 1.95. The van der Waals surface area contributed by atoms with Crippen molar-refractivity contribution in [2.24, 2.45) is 0 Å². The van der Waals surface area contributed by atoms with Crippen molar-refractivity contribution in [2.45, 2.75) is 37.4 Å². The van der Waals surface area contributed by atoms with Gasteiger partial charge >= 0.3 is 0 Å². The van der Waals surface area contributed by atoms with Gasteiger partial charge in [0.05, 0.1) is 5.25 Å². The van der Waals surface area contributed by atoms with Crippen LogP contribution in [0.25, 0.3) is 0 Å². The lowest BCUT2D eigenvalue weighted by molar-refractivity contribution is -0.113. The minimum Gasteiger partial charge on any atom is -0.399 e. The van der Waals surface area contributed by atoms with Crippen LogP contribution in [0.2, 0.25) is 0 Å². The minimum atomic E-state index is -3.35. The number of carbonyl (C=O) groups is 1. The van der Waals surface area contributed by atoms with Crippen molar-refractivity contribution < 1.29 is 13.2 Å². The zero-order valence-electron chi connectivity index (χ0n) is 11.3. The topological polar surface area (TPSA) is 89.3 Å². The van der Waals surface area contributed by atoms with Crippen LogP contribution in [0.4, 0.5) is 11.4 Å². The molecule has 0 aromatic heterocycles. The Morgan fingerprint density at radius 2 is 1.75 bits per heavy atom. The molecule has 1 aromatic rings. The number of rotatable bonds is 4. The Hall–Kier alpha value is -1.56. The molecular weight excluding hydrogens is 276 g/mol. The summed E-state index contributed by atoms with van der Waals surface area (Å²) in [4.78, 5) is 11.8. The van der Waals surface area contributed by atoms with Gasteiger partial charge in [-0.3, -0.25) is 4.79 Å². The molecule has 2 rings (SSSR count). The lowest BCUT2D eigenvalue weighted by Gasteiger charge is -2.21. The summed E-state index contributed by atoms with van der Waals surface area (Å²) in [5.41, 5.74) is 6.70. The van der Waals surface area contributed by atoms with Gasteiger partial charge in [-0.1, -0.05) is 19.3 Å². The van der Waals surface area contributed by atoms with E-state index in [1.165, 1.54) is 0 Å². The first-order chi connectivity index (χ1) is 9.47. The van der Waals surface area contributed by atoms with Crippen LogP contribution in [0, 0.1) is 0 Å². The SMILES string of the molecule is Nc1ccc(NC(=O)CS(=O)(=O)C2CCCCC2)cc1. The number of sulfone groups is 1. The molecule has 3 N–H and O–H groups in total. The maximum absolute atomic E-state index is 12.2. The first-order valence-corrected chi connectivity index (χ1v) is 8.56. The molecule has 0 saturated heterocycles. The molecule has 1 aliphatic carbocycles. The highest BCUT2D eigenvalue weighted by Crippen LogP contribution is 2.24. The Morgan fingerprint density at radius 3 is 2.35 bits per heavy atom. The highest BCUT2D eigenvalue weighted by atomic mass is 32.2. The standard InChI is InChI=1S/C14H20N2O3S/c15-11-6-8-12(9-7-11)16-14(17)10-20(18,19)13-4-2-1-3-5-13/h6-9,13H,1-5,10,15H2,(H,16,17). The van der Waals surface area contributed by atoms with Crippen LogP contribution in [-0.2, 0) is 14.6 Å². The average molecular weight is 296 g/mol. The molecule has 0 aliphatic heterocycles. The van der Waals surface area contributed by atoms with Crippen molar-refractivity contribution in [2.75, 3.05) is 16.8 Å².